The Balaban J connectivity index is 2.83. The lowest BCUT2D eigenvalue weighted by Gasteiger charge is -2.16. The molecule has 2 amide bonds. The van der Waals surface area contributed by atoms with Gasteiger partial charge in [-0.2, -0.15) is 0 Å². The Kier molecular flexibility index (Phi) is 4.27. The zero-order valence-electron chi connectivity index (χ0n) is 8.85. The van der Waals surface area contributed by atoms with E-state index in [0.29, 0.717) is 0 Å². The molecule has 0 aromatic heterocycles. The van der Waals surface area contributed by atoms with E-state index < -0.39 is 11.9 Å². The molecule has 0 saturated heterocycles. The Morgan fingerprint density at radius 2 is 2.00 bits per heavy atom. The summed E-state index contributed by atoms with van der Waals surface area (Å²) >= 11 is 0. The number of carbonyl (C=O) groups is 2. The SMILES string of the molecule is C=CC(=O)N[C@H](CC(N)=O)c1ccccc1. The molecular formula is C12H14N2O2. The fraction of sp³-hybridized carbons (Fsp3) is 0.167. The second-order valence-electron chi connectivity index (χ2n) is 3.35. The highest BCUT2D eigenvalue weighted by Gasteiger charge is 2.15. The molecule has 4 heteroatoms. The van der Waals surface area contributed by atoms with Crippen LogP contribution < -0.4 is 11.1 Å². The zero-order valence-corrected chi connectivity index (χ0v) is 8.85. The molecule has 16 heavy (non-hydrogen) atoms. The first-order valence-electron chi connectivity index (χ1n) is 4.89. The van der Waals surface area contributed by atoms with Gasteiger partial charge in [0.2, 0.25) is 11.8 Å². The van der Waals surface area contributed by atoms with Crippen molar-refractivity contribution in [1.82, 2.24) is 5.32 Å². The van der Waals surface area contributed by atoms with Gasteiger partial charge in [0.15, 0.2) is 0 Å². The maximum absolute atomic E-state index is 11.2. The monoisotopic (exact) mass is 218 g/mol. The molecular weight excluding hydrogens is 204 g/mol. The molecule has 3 N–H and O–H groups in total. The first-order chi connectivity index (χ1) is 7.63. The van der Waals surface area contributed by atoms with E-state index in [9.17, 15) is 9.59 Å². The fourth-order valence-electron chi connectivity index (χ4n) is 1.37. The summed E-state index contributed by atoms with van der Waals surface area (Å²) in [6, 6.07) is 8.80. The quantitative estimate of drug-likeness (QED) is 0.721. The predicted molar refractivity (Wildman–Crippen MR) is 61.3 cm³/mol. The number of carbonyl (C=O) groups excluding carboxylic acids is 2. The summed E-state index contributed by atoms with van der Waals surface area (Å²) in [4.78, 5) is 22.1. The Bertz CT molecular complexity index is 387. The van der Waals surface area contributed by atoms with Crippen LogP contribution in [-0.4, -0.2) is 11.8 Å². The molecule has 0 radical (unpaired) electrons. The van der Waals surface area contributed by atoms with E-state index in [1.165, 1.54) is 0 Å². The molecule has 0 aliphatic rings. The molecule has 84 valence electrons. The van der Waals surface area contributed by atoms with Crippen molar-refractivity contribution in [2.45, 2.75) is 12.5 Å². The summed E-state index contributed by atoms with van der Waals surface area (Å²) in [5, 5.41) is 2.66. The van der Waals surface area contributed by atoms with Crippen LogP contribution in [0.25, 0.3) is 0 Å². The van der Waals surface area contributed by atoms with Gasteiger partial charge in [-0.25, -0.2) is 0 Å². The third-order valence-electron chi connectivity index (χ3n) is 2.11. The Labute approximate surface area is 94.1 Å². The van der Waals surface area contributed by atoms with Crippen LogP contribution in [0.15, 0.2) is 43.0 Å². The van der Waals surface area contributed by atoms with Gasteiger partial charge in [0.25, 0.3) is 0 Å². The number of primary amides is 1. The first kappa shape index (κ1) is 12.0. The smallest absolute Gasteiger partial charge is 0.243 e. The van der Waals surface area contributed by atoms with E-state index in [0.717, 1.165) is 11.6 Å². The molecule has 0 fully saturated rings. The van der Waals surface area contributed by atoms with Gasteiger partial charge in [0.05, 0.1) is 12.5 Å². The Hall–Kier alpha value is -2.10. The largest absolute Gasteiger partial charge is 0.370 e. The number of nitrogens with two attached hydrogens (primary N) is 1. The molecule has 0 unspecified atom stereocenters. The van der Waals surface area contributed by atoms with Crippen molar-refractivity contribution in [1.29, 1.82) is 0 Å². The standard InChI is InChI=1S/C12H14N2O2/c1-2-12(16)14-10(8-11(13)15)9-6-4-3-5-7-9/h2-7,10H,1,8H2,(H2,13,15)(H,14,16)/t10-/m1/s1. The van der Waals surface area contributed by atoms with Crippen molar-refractivity contribution >= 4 is 11.8 Å². The molecule has 0 spiro atoms. The molecule has 0 aliphatic heterocycles. The van der Waals surface area contributed by atoms with Crippen LogP contribution in [-0.2, 0) is 9.59 Å². The fourth-order valence-corrected chi connectivity index (χ4v) is 1.37. The molecule has 0 aliphatic carbocycles. The lowest BCUT2D eigenvalue weighted by atomic mass is 10.0. The van der Waals surface area contributed by atoms with Crippen molar-refractivity contribution in [3.63, 3.8) is 0 Å². The summed E-state index contributed by atoms with van der Waals surface area (Å²) in [5.41, 5.74) is 5.98. The van der Waals surface area contributed by atoms with Crippen LogP contribution in [0.5, 0.6) is 0 Å². The summed E-state index contributed by atoms with van der Waals surface area (Å²) in [6.45, 7) is 3.36. The number of nitrogens with one attached hydrogen (secondary N) is 1. The van der Waals surface area contributed by atoms with Crippen molar-refractivity contribution in [3.05, 3.63) is 48.6 Å². The van der Waals surface area contributed by atoms with Gasteiger partial charge in [0, 0.05) is 0 Å². The van der Waals surface area contributed by atoms with Crippen molar-refractivity contribution in [2.75, 3.05) is 0 Å². The zero-order chi connectivity index (χ0) is 12.0. The number of hydrogen-bond donors (Lipinski definition) is 2. The van der Waals surface area contributed by atoms with Crippen LogP contribution in [0.1, 0.15) is 18.0 Å². The number of benzene rings is 1. The van der Waals surface area contributed by atoms with Gasteiger partial charge in [-0.1, -0.05) is 36.9 Å². The minimum atomic E-state index is -0.460. The summed E-state index contributed by atoms with van der Waals surface area (Å²) in [6.07, 6.45) is 1.24. The van der Waals surface area contributed by atoms with E-state index in [1.807, 2.05) is 30.3 Å². The molecule has 1 rings (SSSR count). The molecule has 1 atom stereocenters. The van der Waals surface area contributed by atoms with E-state index in [-0.39, 0.29) is 12.3 Å². The maximum Gasteiger partial charge on any atom is 0.243 e. The minimum Gasteiger partial charge on any atom is -0.370 e. The van der Waals surface area contributed by atoms with Crippen LogP contribution >= 0.6 is 0 Å². The summed E-state index contributed by atoms with van der Waals surface area (Å²) in [7, 11) is 0. The van der Waals surface area contributed by atoms with Crippen molar-refractivity contribution in [3.8, 4) is 0 Å². The van der Waals surface area contributed by atoms with Gasteiger partial charge in [0.1, 0.15) is 0 Å². The van der Waals surface area contributed by atoms with Crippen molar-refractivity contribution < 1.29 is 9.59 Å². The van der Waals surface area contributed by atoms with Gasteiger partial charge in [-0.15, -0.1) is 0 Å². The Morgan fingerprint density at radius 1 is 1.38 bits per heavy atom. The second-order valence-corrected chi connectivity index (χ2v) is 3.35. The predicted octanol–water partition coefficient (Wildman–Crippen LogP) is 0.905. The van der Waals surface area contributed by atoms with Crippen LogP contribution in [0.4, 0.5) is 0 Å². The van der Waals surface area contributed by atoms with E-state index >= 15 is 0 Å². The lowest BCUT2D eigenvalue weighted by Crippen LogP contribution is -2.30. The van der Waals surface area contributed by atoms with E-state index in [4.69, 9.17) is 5.73 Å². The van der Waals surface area contributed by atoms with Gasteiger partial charge in [-0.3, -0.25) is 9.59 Å². The van der Waals surface area contributed by atoms with Gasteiger partial charge >= 0.3 is 0 Å². The molecule has 4 nitrogen and oxygen atoms in total. The number of hydrogen-bond acceptors (Lipinski definition) is 2. The highest BCUT2D eigenvalue weighted by Crippen LogP contribution is 2.15. The van der Waals surface area contributed by atoms with Crippen LogP contribution in [0.2, 0.25) is 0 Å². The molecule has 1 aromatic carbocycles. The number of rotatable bonds is 5. The Morgan fingerprint density at radius 3 is 2.50 bits per heavy atom. The topological polar surface area (TPSA) is 72.2 Å². The highest BCUT2D eigenvalue weighted by molar-refractivity contribution is 5.87. The molecule has 0 saturated carbocycles. The van der Waals surface area contributed by atoms with Gasteiger partial charge < -0.3 is 11.1 Å². The molecule has 1 aromatic rings. The van der Waals surface area contributed by atoms with Crippen molar-refractivity contribution in [2.24, 2.45) is 5.73 Å². The average Bonchev–Trinajstić information content (AvgIpc) is 2.28. The lowest BCUT2D eigenvalue weighted by molar-refractivity contribution is -0.119. The molecule has 0 heterocycles. The first-order valence-corrected chi connectivity index (χ1v) is 4.89. The normalized spacial score (nSPS) is 11.5. The second kappa shape index (κ2) is 5.70. The highest BCUT2D eigenvalue weighted by atomic mass is 16.2. The maximum atomic E-state index is 11.2. The van der Waals surface area contributed by atoms with E-state index in [1.54, 1.807) is 0 Å². The summed E-state index contributed by atoms with van der Waals surface area (Å²) in [5.74, 6) is -0.784. The number of amides is 2. The third kappa shape index (κ3) is 3.57. The molecule has 0 bridgehead atoms. The third-order valence-corrected chi connectivity index (χ3v) is 2.11. The summed E-state index contributed by atoms with van der Waals surface area (Å²) < 4.78 is 0. The van der Waals surface area contributed by atoms with E-state index in [2.05, 4.69) is 11.9 Å². The minimum absolute atomic E-state index is 0.0730. The van der Waals surface area contributed by atoms with Gasteiger partial charge in [-0.05, 0) is 11.6 Å². The van der Waals surface area contributed by atoms with Crippen LogP contribution in [0, 0.1) is 0 Å². The average molecular weight is 218 g/mol. The van der Waals surface area contributed by atoms with Crippen LogP contribution in [0.3, 0.4) is 0 Å².